The molecule has 0 saturated heterocycles. The summed E-state index contributed by atoms with van der Waals surface area (Å²) in [7, 11) is 0. The van der Waals surface area contributed by atoms with Gasteiger partial charge in [0.25, 0.3) is 5.69 Å². The molecule has 1 amide bonds. The normalized spacial score (nSPS) is 10.5. The minimum absolute atomic E-state index is 0.0114. The van der Waals surface area contributed by atoms with Crippen LogP contribution in [-0.4, -0.2) is 16.2 Å². The number of hydrogen-bond donors (Lipinski definition) is 1. The van der Waals surface area contributed by atoms with E-state index in [0.29, 0.717) is 12.1 Å². The lowest BCUT2D eigenvalue weighted by Gasteiger charge is -2.05. The fourth-order valence-electron chi connectivity index (χ4n) is 2.36. The van der Waals surface area contributed by atoms with Crippen molar-refractivity contribution in [2.24, 2.45) is 0 Å². The molecule has 0 aromatic heterocycles. The molecule has 1 aromatic rings. The average Bonchev–Trinajstić information content (AvgIpc) is 2.53. The molecular weight excluding hydrogens is 360 g/mol. The van der Waals surface area contributed by atoms with E-state index in [4.69, 9.17) is 0 Å². The van der Waals surface area contributed by atoms with Gasteiger partial charge in [-0.2, -0.15) is 0 Å². The van der Waals surface area contributed by atoms with Crippen molar-refractivity contribution in [2.75, 3.05) is 10.6 Å². The van der Waals surface area contributed by atoms with Crippen molar-refractivity contribution < 1.29 is 9.72 Å². The molecule has 0 spiro atoms. The number of nitrogens with zero attached hydrogens (tertiary/aromatic N) is 1. The number of nitro groups is 1. The maximum absolute atomic E-state index is 11.8. The Morgan fingerprint density at radius 3 is 2.26 bits per heavy atom. The number of hydrogen-bond acceptors (Lipinski definition) is 3. The van der Waals surface area contributed by atoms with Gasteiger partial charge < -0.3 is 5.32 Å². The maximum Gasteiger partial charge on any atom is 0.271 e. The molecule has 0 fully saturated rings. The Balaban J connectivity index is 2.11. The van der Waals surface area contributed by atoms with Crippen LogP contribution in [0, 0.1) is 10.1 Å². The van der Waals surface area contributed by atoms with Crippen molar-refractivity contribution in [2.45, 2.75) is 57.8 Å². The van der Waals surface area contributed by atoms with Crippen LogP contribution in [0.3, 0.4) is 0 Å². The summed E-state index contributed by atoms with van der Waals surface area (Å²) < 4.78 is 0. The van der Waals surface area contributed by atoms with E-state index < -0.39 is 4.92 Å². The highest BCUT2D eigenvalue weighted by Crippen LogP contribution is 2.17. The SMILES string of the molecule is O=C(CCCCCCCCCCBr)Nc1cccc([N+](=O)[O-])c1. The quantitative estimate of drug-likeness (QED) is 0.225. The van der Waals surface area contributed by atoms with Crippen molar-refractivity contribution in [3.05, 3.63) is 34.4 Å². The van der Waals surface area contributed by atoms with E-state index in [1.165, 1.54) is 50.7 Å². The topological polar surface area (TPSA) is 72.2 Å². The summed E-state index contributed by atoms with van der Waals surface area (Å²) >= 11 is 3.43. The lowest BCUT2D eigenvalue weighted by molar-refractivity contribution is -0.384. The zero-order valence-corrected chi connectivity index (χ0v) is 15.0. The molecule has 0 unspecified atom stereocenters. The summed E-state index contributed by atoms with van der Waals surface area (Å²) in [6.45, 7) is 0. The Hall–Kier alpha value is -1.43. The van der Waals surface area contributed by atoms with E-state index in [9.17, 15) is 14.9 Å². The van der Waals surface area contributed by atoms with Gasteiger partial charge in [0.1, 0.15) is 0 Å². The van der Waals surface area contributed by atoms with E-state index in [1.807, 2.05) is 0 Å². The van der Waals surface area contributed by atoms with Gasteiger partial charge in [-0.05, 0) is 18.9 Å². The number of halogens is 1. The summed E-state index contributed by atoms with van der Waals surface area (Å²) in [6, 6.07) is 6.03. The van der Waals surface area contributed by atoms with Gasteiger partial charge in [0.2, 0.25) is 5.91 Å². The van der Waals surface area contributed by atoms with Crippen molar-refractivity contribution in [3.8, 4) is 0 Å². The second-order valence-corrected chi connectivity index (χ2v) is 6.42. The van der Waals surface area contributed by atoms with E-state index in [-0.39, 0.29) is 11.6 Å². The Morgan fingerprint density at radius 2 is 1.65 bits per heavy atom. The molecule has 1 aromatic carbocycles. The standard InChI is InChI=1S/C17H25BrN2O3/c18-13-8-6-4-2-1-3-5-7-12-17(21)19-15-10-9-11-16(14-15)20(22)23/h9-11,14H,1-8,12-13H2,(H,19,21). The third-order valence-corrected chi connectivity index (χ3v) is 4.19. The molecule has 128 valence electrons. The Bertz CT molecular complexity index is 494. The molecule has 0 radical (unpaired) electrons. The first-order valence-electron chi connectivity index (χ1n) is 8.24. The predicted octanol–water partition coefficient (Wildman–Crippen LogP) is 5.44. The summed E-state index contributed by atoms with van der Waals surface area (Å²) in [4.78, 5) is 22.0. The number of rotatable bonds is 12. The number of benzene rings is 1. The lowest BCUT2D eigenvalue weighted by Crippen LogP contribution is -2.11. The zero-order valence-electron chi connectivity index (χ0n) is 13.4. The van der Waals surface area contributed by atoms with Crippen LogP contribution in [0.15, 0.2) is 24.3 Å². The van der Waals surface area contributed by atoms with Gasteiger partial charge in [-0.25, -0.2) is 0 Å². The fraction of sp³-hybridized carbons (Fsp3) is 0.588. The smallest absolute Gasteiger partial charge is 0.271 e. The first-order chi connectivity index (χ1) is 11.1. The number of alkyl halides is 1. The number of nitrogens with one attached hydrogen (secondary N) is 1. The van der Waals surface area contributed by atoms with Crippen molar-refractivity contribution in [1.82, 2.24) is 0 Å². The first-order valence-corrected chi connectivity index (χ1v) is 9.36. The van der Waals surface area contributed by atoms with Crippen molar-refractivity contribution in [1.29, 1.82) is 0 Å². The number of anilines is 1. The first kappa shape index (κ1) is 19.6. The molecule has 0 aliphatic heterocycles. The molecule has 0 heterocycles. The molecule has 1 rings (SSSR count). The fourth-order valence-corrected chi connectivity index (χ4v) is 2.76. The van der Waals surface area contributed by atoms with Crippen LogP contribution in [-0.2, 0) is 4.79 Å². The number of non-ortho nitro benzene ring substituents is 1. The van der Waals surface area contributed by atoms with Gasteiger partial charge in [0, 0.05) is 29.6 Å². The van der Waals surface area contributed by atoms with Crippen LogP contribution >= 0.6 is 15.9 Å². The van der Waals surface area contributed by atoms with Crippen LogP contribution in [0.1, 0.15) is 57.8 Å². The molecule has 0 atom stereocenters. The van der Waals surface area contributed by atoms with Crippen LogP contribution in [0.2, 0.25) is 0 Å². The highest BCUT2D eigenvalue weighted by atomic mass is 79.9. The molecule has 23 heavy (non-hydrogen) atoms. The Morgan fingerprint density at radius 1 is 1.04 bits per heavy atom. The van der Waals surface area contributed by atoms with Gasteiger partial charge in [0.15, 0.2) is 0 Å². The van der Waals surface area contributed by atoms with E-state index in [1.54, 1.807) is 12.1 Å². The lowest BCUT2D eigenvalue weighted by atomic mass is 10.1. The highest BCUT2D eigenvalue weighted by molar-refractivity contribution is 9.09. The van der Waals surface area contributed by atoms with Crippen LogP contribution in [0.5, 0.6) is 0 Å². The second-order valence-electron chi connectivity index (χ2n) is 5.62. The molecule has 1 N–H and O–H groups in total. The predicted molar refractivity (Wildman–Crippen MR) is 97.1 cm³/mol. The van der Waals surface area contributed by atoms with Gasteiger partial charge in [-0.3, -0.25) is 14.9 Å². The van der Waals surface area contributed by atoms with Gasteiger partial charge in [0.05, 0.1) is 4.92 Å². The summed E-state index contributed by atoms with van der Waals surface area (Å²) in [5, 5.41) is 14.5. The molecule has 0 aliphatic rings. The van der Waals surface area contributed by atoms with Gasteiger partial charge >= 0.3 is 0 Å². The van der Waals surface area contributed by atoms with Gasteiger partial charge in [-0.1, -0.05) is 60.5 Å². The van der Waals surface area contributed by atoms with E-state index in [0.717, 1.165) is 18.2 Å². The average molecular weight is 385 g/mol. The molecule has 0 saturated carbocycles. The summed E-state index contributed by atoms with van der Waals surface area (Å²) in [5.41, 5.74) is 0.471. The van der Waals surface area contributed by atoms with Crippen LogP contribution in [0.4, 0.5) is 11.4 Å². The highest BCUT2D eigenvalue weighted by Gasteiger charge is 2.07. The van der Waals surface area contributed by atoms with Crippen molar-refractivity contribution >= 4 is 33.2 Å². The van der Waals surface area contributed by atoms with E-state index in [2.05, 4.69) is 21.2 Å². The minimum atomic E-state index is -0.465. The Labute approximate surface area is 146 Å². The molecule has 6 heteroatoms. The monoisotopic (exact) mass is 384 g/mol. The number of amides is 1. The van der Waals surface area contributed by atoms with E-state index >= 15 is 0 Å². The minimum Gasteiger partial charge on any atom is -0.326 e. The Kier molecular flexibility index (Phi) is 10.3. The number of unbranched alkanes of at least 4 members (excludes halogenated alkanes) is 7. The number of carbonyl (C=O) groups is 1. The summed E-state index contributed by atoms with van der Waals surface area (Å²) in [6.07, 6.45) is 9.88. The largest absolute Gasteiger partial charge is 0.326 e. The molecule has 5 nitrogen and oxygen atoms in total. The van der Waals surface area contributed by atoms with Crippen LogP contribution in [0.25, 0.3) is 0 Å². The zero-order chi connectivity index (χ0) is 16.9. The van der Waals surface area contributed by atoms with Crippen LogP contribution < -0.4 is 5.32 Å². The molecular formula is C17H25BrN2O3. The van der Waals surface area contributed by atoms with Gasteiger partial charge in [-0.15, -0.1) is 0 Å². The third kappa shape index (κ3) is 9.33. The third-order valence-electron chi connectivity index (χ3n) is 3.63. The second kappa shape index (κ2) is 12.0. The molecule has 0 aliphatic carbocycles. The van der Waals surface area contributed by atoms with Crippen molar-refractivity contribution in [3.63, 3.8) is 0 Å². The maximum atomic E-state index is 11.8. The molecule has 0 bridgehead atoms. The summed E-state index contributed by atoms with van der Waals surface area (Å²) in [5.74, 6) is -0.0807. The number of carbonyl (C=O) groups excluding carboxylic acids is 1. The number of nitro benzene ring substituents is 1.